The van der Waals surface area contributed by atoms with E-state index in [1.807, 2.05) is 85.9 Å². The van der Waals surface area contributed by atoms with Gasteiger partial charge in [0.2, 0.25) is 0 Å². The van der Waals surface area contributed by atoms with E-state index in [1.54, 1.807) is 26.5 Å². The second kappa shape index (κ2) is 12.9. The fourth-order valence-electron chi connectivity index (χ4n) is 3.65. The summed E-state index contributed by atoms with van der Waals surface area (Å²) in [6.07, 6.45) is 3.63. The Morgan fingerprint density at radius 1 is 0.806 bits per heavy atom. The molecule has 2 heterocycles. The standard InChI is InChI=1S/C15H17N2O2.C15H10N.Pt/c1-17(2)11-7-8-16-14(9-11)13-6-5-12(18-3)10-15(13)19-4;1-2-7-13(8-3-1)15-14-9-5-4-6-12(14)10-11-16-15;/h5,7-10H,1-4H3;1-7,9-11H;/q2*-1;+2. The summed E-state index contributed by atoms with van der Waals surface area (Å²) in [5.41, 5.74) is 4.77. The molecular formula is C30H27N3O2Pt. The molecule has 0 spiro atoms. The molecule has 6 heteroatoms. The molecule has 0 unspecified atom stereocenters. The number of aromatic nitrogens is 2. The van der Waals surface area contributed by atoms with Gasteiger partial charge in [-0.1, -0.05) is 42.0 Å². The van der Waals surface area contributed by atoms with Crippen molar-refractivity contribution in [1.82, 2.24) is 9.97 Å². The fourth-order valence-corrected chi connectivity index (χ4v) is 3.65. The van der Waals surface area contributed by atoms with Gasteiger partial charge in [-0.3, -0.25) is 0 Å². The van der Waals surface area contributed by atoms with Crippen LogP contribution in [0, 0.1) is 12.1 Å². The van der Waals surface area contributed by atoms with E-state index in [-0.39, 0.29) is 21.1 Å². The first kappa shape index (κ1) is 26.9. The zero-order chi connectivity index (χ0) is 24.6. The van der Waals surface area contributed by atoms with Gasteiger partial charge in [-0.15, -0.1) is 48.0 Å². The normalized spacial score (nSPS) is 10.0. The van der Waals surface area contributed by atoms with Gasteiger partial charge in [0, 0.05) is 43.7 Å². The summed E-state index contributed by atoms with van der Waals surface area (Å²) in [7, 11) is 7.23. The molecule has 0 radical (unpaired) electrons. The zero-order valence-electron chi connectivity index (χ0n) is 20.6. The molecule has 5 aromatic rings. The van der Waals surface area contributed by atoms with Crippen LogP contribution in [0.4, 0.5) is 5.69 Å². The van der Waals surface area contributed by atoms with Crippen LogP contribution in [0.3, 0.4) is 0 Å². The van der Waals surface area contributed by atoms with Gasteiger partial charge >= 0.3 is 21.1 Å². The maximum atomic E-state index is 5.38. The molecule has 5 rings (SSSR count). The number of pyridine rings is 2. The van der Waals surface area contributed by atoms with Crippen LogP contribution in [0.15, 0.2) is 91.3 Å². The van der Waals surface area contributed by atoms with Crippen LogP contribution < -0.4 is 14.4 Å². The van der Waals surface area contributed by atoms with Crippen molar-refractivity contribution in [3.05, 3.63) is 103 Å². The summed E-state index contributed by atoms with van der Waals surface area (Å²) < 4.78 is 10.5. The Morgan fingerprint density at radius 2 is 1.58 bits per heavy atom. The first-order valence-electron chi connectivity index (χ1n) is 11.2. The van der Waals surface area contributed by atoms with Crippen LogP contribution in [0.1, 0.15) is 0 Å². The smallest absolute Gasteiger partial charge is 0.540 e. The van der Waals surface area contributed by atoms with Crippen molar-refractivity contribution in [2.75, 3.05) is 33.2 Å². The molecule has 0 bridgehead atoms. The van der Waals surface area contributed by atoms with Crippen molar-refractivity contribution in [1.29, 1.82) is 0 Å². The molecule has 5 nitrogen and oxygen atoms in total. The molecule has 0 amide bonds. The Kier molecular flexibility index (Phi) is 9.60. The number of methoxy groups -OCH3 is 2. The van der Waals surface area contributed by atoms with Crippen molar-refractivity contribution in [2.45, 2.75) is 0 Å². The largest absolute Gasteiger partial charge is 2.00 e. The number of hydrogen-bond acceptors (Lipinski definition) is 5. The maximum absolute atomic E-state index is 5.38. The minimum absolute atomic E-state index is 0. The van der Waals surface area contributed by atoms with E-state index in [1.165, 1.54) is 10.8 Å². The summed E-state index contributed by atoms with van der Waals surface area (Å²) in [4.78, 5) is 10.9. The van der Waals surface area contributed by atoms with E-state index in [9.17, 15) is 0 Å². The fraction of sp³-hybridized carbons (Fsp3) is 0.133. The molecule has 0 saturated heterocycles. The van der Waals surface area contributed by atoms with Gasteiger partial charge < -0.3 is 24.3 Å². The molecule has 2 aromatic heterocycles. The van der Waals surface area contributed by atoms with E-state index in [4.69, 9.17) is 9.47 Å². The van der Waals surface area contributed by atoms with Crippen LogP contribution in [-0.2, 0) is 21.1 Å². The Morgan fingerprint density at radius 3 is 2.31 bits per heavy atom. The predicted molar refractivity (Wildman–Crippen MR) is 142 cm³/mol. The van der Waals surface area contributed by atoms with Crippen molar-refractivity contribution < 1.29 is 30.5 Å². The van der Waals surface area contributed by atoms with Crippen LogP contribution >= 0.6 is 0 Å². The minimum Gasteiger partial charge on any atom is -0.540 e. The summed E-state index contributed by atoms with van der Waals surface area (Å²) >= 11 is 0. The molecule has 184 valence electrons. The SMILES string of the molecule is COc1c[c-]c(-c2cc(N(C)C)ccn2)c(OC)c1.[Pt+2].[c-]1ccccc1-c1nccc2ccccc12. The number of rotatable bonds is 5. The number of ether oxygens (including phenoxy) is 2. The van der Waals surface area contributed by atoms with E-state index in [0.29, 0.717) is 11.5 Å². The summed E-state index contributed by atoms with van der Waals surface area (Å²) in [5.74, 6) is 1.41. The van der Waals surface area contributed by atoms with Crippen molar-refractivity contribution in [3.8, 4) is 34.0 Å². The van der Waals surface area contributed by atoms with Gasteiger partial charge in [0.15, 0.2) is 0 Å². The van der Waals surface area contributed by atoms with Crippen LogP contribution in [0.2, 0.25) is 0 Å². The average molecular weight is 657 g/mol. The van der Waals surface area contributed by atoms with Gasteiger partial charge in [0.25, 0.3) is 0 Å². The second-order valence-electron chi connectivity index (χ2n) is 7.93. The molecule has 0 saturated carbocycles. The molecule has 0 aliphatic carbocycles. The maximum Gasteiger partial charge on any atom is 2.00 e. The summed E-state index contributed by atoms with van der Waals surface area (Å²) in [5, 5.41) is 2.39. The Hall–Kier alpha value is -3.69. The van der Waals surface area contributed by atoms with Gasteiger partial charge in [-0.2, -0.15) is 0 Å². The number of benzene rings is 3. The minimum atomic E-state index is 0. The number of fused-ring (bicyclic) bond motifs is 1. The number of nitrogens with zero attached hydrogens (tertiary/aromatic N) is 3. The number of hydrogen-bond donors (Lipinski definition) is 0. The van der Waals surface area contributed by atoms with E-state index < -0.39 is 0 Å². The summed E-state index contributed by atoms with van der Waals surface area (Å²) in [6.45, 7) is 0. The van der Waals surface area contributed by atoms with Crippen LogP contribution in [-0.4, -0.2) is 38.3 Å². The van der Waals surface area contributed by atoms with Crippen LogP contribution in [0.5, 0.6) is 11.5 Å². The van der Waals surface area contributed by atoms with Gasteiger partial charge in [0.05, 0.1) is 14.2 Å². The van der Waals surface area contributed by atoms with Gasteiger partial charge in [-0.25, -0.2) is 0 Å². The average Bonchev–Trinajstić information content (AvgIpc) is 2.93. The first-order chi connectivity index (χ1) is 17.1. The van der Waals surface area contributed by atoms with Crippen molar-refractivity contribution >= 4 is 16.5 Å². The molecular weight excluding hydrogens is 629 g/mol. The molecule has 36 heavy (non-hydrogen) atoms. The topological polar surface area (TPSA) is 47.5 Å². The third-order valence-corrected chi connectivity index (χ3v) is 5.49. The second-order valence-corrected chi connectivity index (χ2v) is 7.93. The third kappa shape index (κ3) is 6.30. The summed E-state index contributed by atoms with van der Waals surface area (Å²) in [6, 6.07) is 32.2. The zero-order valence-corrected chi connectivity index (χ0v) is 22.9. The molecule has 3 aromatic carbocycles. The van der Waals surface area contributed by atoms with Gasteiger partial charge in [0.1, 0.15) is 0 Å². The quantitative estimate of drug-likeness (QED) is 0.207. The molecule has 0 aliphatic rings. The van der Waals surface area contributed by atoms with Crippen molar-refractivity contribution in [3.63, 3.8) is 0 Å². The predicted octanol–water partition coefficient (Wildman–Crippen LogP) is 6.33. The molecule has 0 N–H and O–H groups in total. The van der Waals surface area contributed by atoms with E-state index >= 15 is 0 Å². The van der Waals surface area contributed by atoms with Gasteiger partial charge in [-0.05, 0) is 34.3 Å². The monoisotopic (exact) mass is 656 g/mol. The molecule has 0 fully saturated rings. The van der Waals surface area contributed by atoms with E-state index in [2.05, 4.69) is 34.2 Å². The Balaban J connectivity index is 0.000000197. The van der Waals surface area contributed by atoms with Crippen LogP contribution in [0.25, 0.3) is 33.3 Å². The number of anilines is 1. The Labute approximate surface area is 227 Å². The Bertz CT molecular complexity index is 1400. The first-order valence-corrected chi connectivity index (χ1v) is 11.2. The van der Waals surface area contributed by atoms with E-state index in [0.717, 1.165) is 28.2 Å². The van der Waals surface area contributed by atoms with Crippen molar-refractivity contribution in [2.24, 2.45) is 0 Å². The third-order valence-electron chi connectivity index (χ3n) is 5.49. The molecule has 0 atom stereocenters. The molecule has 0 aliphatic heterocycles.